The van der Waals surface area contributed by atoms with Gasteiger partial charge < -0.3 is 9.52 Å². The second-order valence-corrected chi connectivity index (χ2v) is 6.69. The van der Waals surface area contributed by atoms with Crippen molar-refractivity contribution in [1.29, 1.82) is 0 Å². The number of aromatic nitrogens is 1. The van der Waals surface area contributed by atoms with Gasteiger partial charge in [0.05, 0.1) is 10.4 Å². The largest absolute Gasteiger partial charge is 0.480 e. The highest BCUT2D eigenvalue weighted by Gasteiger charge is 2.27. The van der Waals surface area contributed by atoms with Crippen LogP contribution in [-0.2, 0) is 14.8 Å². The summed E-state index contributed by atoms with van der Waals surface area (Å²) < 4.78 is 31.9. The molecule has 0 aliphatic carbocycles. The smallest absolute Gasteiger partial charge is 0.417 e. The van der Waals surface area contributed by atoms with Crippen LogP contribution in [-0.4, -0.2) is 24.5 Å². The monoisotopic (exact) mass is 348 g/mol. The van der Waals surface area contributed by atoms with Gasteiger partial charge in [-0.3, -0.25) is 9.78 Å². The number of oxazole rings is 1. The van der Waals surface area contributed by atoms with Crippen LogP contribution in [0.4, 0.5) is 0 Å². The molecule has 3 aromatic rings. The number of benzene rings is 2. The van der Waals surface area contributed by atoms with E-state index in [4.69, 9.17) is 4.42 Å². The van der Waals surface area contributed by atoms with Gasteiger partial charge in [-0.15, -0.1) is 0 Å². The fourth-order valence-corrected chi connectivity index (χ4v) is 3.42. The molecule has 0 aliphatic heterocycles. The number of rotatable bonds is 5. The highest BCUT2D eigenvalue weighted by Crippen LogP contribution is 2.20. The average molecular weight is 348 g/mol. The Kier molecular flexibility index (Phi) is 3.96. The van der Waals surface area contributed by atoms with Gasteiger partial charge in [-0.05, 0) is 17.7 Å². The van der Waals surface area contributed by atoms with E-state index in [-0.39, 0.29) is 10.5 Å². The first kappa shape index (κ1) is 16.0. The summed E-state index contributed by atoms with van der Waals surface area (Å²) in [7, 11) is -4.14. The number of nitrogens with one attached hydrogen (secondary N) is 2. The topological polar surface area (TPSA) is 129 Å². The van der Waals surface area contributed by atoms with Gasteiger partial charge in [0.1, 0.15) is 6.04 Å². The number of fused-ring (bicyclic) bond motifs is 1. The zero-order chi connectivity index (χ0) is 17.3. The molecule has 1 heterocycles. The average Bonchev–Trinajstić information content (AvgIpc) is 2.92. The summed E-state index contributed by atoms with van der Waals surface area (Å²) in [6, 6.07) is 10.3. The van der Waals surface area contributed by atoms with Gasteiger partial charge in [-0.2, -0.15) is 4.72 Å². The van der Waals surface area contributed by atoms with Crippen LogP contribution in [0.25, 0.3) is 11.1 Å². The first-order chi connectivity index (χ1) is 11.4. The van der Waals surface area contributed by atoms with Crippen molar-refractivity contribution >= 4 is 27.1 Å². The fourth-order valence-electron chi connectivity index (χ4n) is 2.22. The number of sulfonamides is 1. The van der Waals surface area contributed by atoms with Crippen LogP contribution >= 0.6 is 0 Å². The number of aliphatic carboxylic acids is 1. The van der Waals surface area contributed by atoms with Crippen LogP contribution in [0, 0.1) is 0 Å². The van der Waals surface area contributed by atoms with Crippen molar-refractivity contribution in [2.45, 2.75) is 10.9 Å². The van der Waals surface area contributed by atoms with Crippen LogP contribution < -0.4 is 10.5 Å². The Morgan fingerprint density at radius 3 is 2.54 bits per heavy atom. The molecule has 0 spiro atoms. The Balaban J connectivity index is 1.98. The molecule has 24 heavy (non-hydrogen) atoms. The van der Waals surface area contributed by atoms with E-state index in [1.165, 1.54) is 24.3 Å². The molecule has 0 aliphatic rings. The van der Waals surface area contributed by atoms with Crippen molar-refractivity contribution in [1.82, 2.24) is 9.71 Å². The molecule has 0 bridgehead atoms. The molecule has 0 saturated heterocycles. The van der Waals surface area contributed by atoms with Crippen LogP contribution in [0.3, 0.4) is 0 Å². The highest BCUT2D eigenvalue weighted by molar-refractivity contribution is 7.89. The summed E-state index contributed by atoms with van der Waals surface area (Å²) in [5, 5.41) is 9.32. The van der Waals surface area contributed by atoms with Crippen LogP contribution in [0.15, 0.2) is 62.6 Å². The number of carbonyl (C=O) groups is 1. The normalized spacial score (nSPS) is 13.0. The van der Waals surface area contributed by atoms with E-state index in [1.54, 1.807) is 18.2 Å². The Morgan fingerprint density at radius 1 is 1.17 bits per heavy atom. The van der Waals surface area contributed by atoms with Crippen molar-refractivity contribution in [3.05, 3.63) is 64.6 Å². The van der Waals surface area contributed by atoms with Crippen molar-refractivity contribution in [2.75, 3.05) is 0 Å². The van der Waals surface area contributed by atoms with Crippen LogP contribution in [0.2, 0.25) is 0 Å². The third kappa shape index (κ3) is 3.07. The number of carboxylic acid groups (broad SMARTS) is 1. The first-order valence-corrected chi connectivity index (χ1v) is 8.28. The Labute approximate surface area is 135 Å². The van der Waals surface area contributed by atoms with Gasteiger partial charge in [0, 0.05) is 6.07 Å². The number of hydrogen-bond acceptors (Lipinski definition) is 5. The van der Waals surface area contributed by atoms with E-state index in [2.05, 4.69) is 9.71 Å². The molecule has 0 saturated carbocycles. The van der Waals surface area contributed by atoms with E-state index >= 15 is 0 Å². The minimum Gasteiger partial charge on any atom is -0.480 e. The van der Waals surface area contributed by atoms with Crippen molar-refractivity contribution in [3.8, 4) is 0 Å². The Hall–Kier alpha value is -2.91. The molecule has 124 valence electrons. The van der Waals surface area contributed by atoms with Gasteiger partial charge in [0.25, 0.3) is 0 Å². The summed E-state index contributed by atoms with van der Waals surface area (Å²) in [5.74, 6) is -2.04. The van der Waals surface area contributed by atoms with Crippen LogP contribution in [0.5, 0.6) is 0 Å². The molecular weight excluding hydrogens is 336 g/mol. The highest BCUT2D eigenvalue weighted by atomic mass is 32.2. The second-order valence-electron chi connectivity index (χ2n) is 4.98. The summed E-state index contributed by atoms with van der Waals surface area (Å²) in [5.41, 5.74) is 0.703. The van der Waals surface area contributed by atoms with Crippen molar-refractivity contribution < 1.29 is 22.7 Å². The minimum atomic E-state index is -4.14. The zero-order valence-corrected chi connectivity index (χ0v) is 12.9. The quantitative estimate of drug-likeness (QED) is 0.636. The maximum absolute atomic E-state index is 12.5. The fraction of sp³-hybridized carbons (Fsp3) is 0.0667. The zero-order valence-electron chi connectivity index (χ0n) is 12.1. The molecule has 2 aromatic carbocycles. The molecule has 8 nitrogen and oxygen atoms in total. The lowest BCUT2D eigenvalue weighted by Crippen LogP contribution is -2.33. The van der Waals surface area contributed by atoms with E-state index in [1.807, 2.05) is 0 Å². The van der Waals surface area contributed by atoms with Gasteiger partial charge in [0.15, 0.2) is 5.58 Å². The number of aromatic amines is 1. The molecule has 0 radical (unpaired) electrons. The van der Waals surface area contributed by atoms with Crippen LogP contribution in [0.1, 0.15) is 11.6 Å². The Bertz CT molecular complexity index is 1050. The van der Waals surface area contributed by atoms with E-state index in [0.717, 1.165) is 6.07 Å². The second kappa shape index (κ2) is 5.95. The molecular formula is C15H12N2O6S. The standard InChI is InChI=1S/C15H12N2O6S/c18-14(19)13(9-4-2-1-3-5-9)17-24(21,22)10-6-7-11-12(8-10)23-15(20)16-11/h1-8,13,17H,(H,16,20)(H,18,19)/t13-/m0/s1. The molecule has 3 rings (SSSR count). The molecule has 1 atom stereocenters. The summed E-state index contributed by atoms with van der Waals surface area (Å²) in [4.78, 5) is 24.8. The number of H-pyrrole nitrogens is 1. The maximum atomic E-state index is 12.5. The third-order valence-corrected chi connectivity index (χ3v) is 4.78. The van der Waals surface area contributed by atoms with Crippen molar-refractivity contribution in [3.63, 3.8) is 0 Å². The van der Waals surface area contributed by atoms with E-state index < -0.39 is 27.8 Å². The lowest BCUT2D eigenvalue weighted by molar-refractivity contribution is -0.139. The molecule has 0 fully saturated rings. The SMILES string of the molecule is O=C(O)[C@@H](NS(=O)(=O)c1ccc2[nH]c(=O)oc2c1)c1ccccc1. The third-order valence-electron chi connectivity index (χ3n) is 3.36. The minimum absolute atomic E-state index is 0.0643. The Morgan fingerprint density at radius 2 is 1.88 bits per heavy atom. The maximum Gasteiger partial charge on any atom is 0.417 e. The number of carboxylic acids is 1. The molecule has 1 aromatic heterocycles. The van der Waals surface area contributed by atoms with Crippen molar-refractivity contribution in [2.24, 2.45) is 0 Å². The van der Waals surface area contributed by atoms with E-state index in [9.17, 15) is 23.1 Å². The molecule has 0 amide bonds. The molecule has 3 N–H and O–H groups in total. The lowest BCUT2D eigenvalue weighted by Gasteiger charge is -2.15. The summed E-state index contributed by atoms with van der Waals surface area (Å²) in [6.07, 6.45) is 0. The van der Waals surface area contributed by atoms with E-state index in [0.29, 0.717) is 11.1 Å². The lowest BCUT2D eigenvalue weighted by atomic mass is 10.1. The summed E-state index contributed by atoms with van der Waals surface area (Å²) >= 11 is 0. The van der Waals surface area contributed by atoms with Gasteiger partial charge in [-0.25, -0.2) is 13.2 Å². The first-order valence-electron chi connectivity index (χ1n) is 6.80. The van der Waals surface area contributed by atoms with Gasteiger partial charge in [0.2, 0.25) is 10.0 Å². The summed E-state index contributed by atoms with van der Waals surface area (Å²) in [6.45, 7) is 0. The molecule has 9 heteroatoms. The predicted molar refractivity (Wildman–Crippen MR) is 84.0 cm³/mol. The molecule has 0 unspecified atom stereocenters. The predicted octanol–water partition coefficient (Wildman–Crippen LogP) is 1.23. The van der Waals surface area contributed by atoms with Gasteiger partial charge in [-0.1, -0.05) is 30.3 Å². The van der Waals surface area contributed by atoms with Gasteiger partial charge >= 0.3 is 11.7 Å². The number of hydrogen-bond donors (Lipinski definition) is 3.